The van der Waals surface area contributed by atoms with Crippen molar-refractivity contribution in [3.05, 3.63) is 47.5 Å². The van der Waals surface area contributed by atoms with E-state index in [0.717, 1.165) is 26.0 Å². The van der Waals surface area contributed by atoms with Gasteiger partial charge >= 0.3 is 0 Å². The van der Waals surface area contributed by atoms with E-state index in [1.807, 2.05) is 6.92 Å². The fraction of sp³-hybridized carbons (Fsp3) is 0.381. The number of nitrogens with zero attached hydrogens (tertiary/aromatic N) is 3. The van der Waals surface area contributed by atoms with Gasteiger partial charge in [-0.1, -0.05) is 6.07 Å². The summed E-state index contributed by atoms with van der Waals surface area (Å²) < 4.78 is 57.4. The molecule has 0 saturated carbocycles. The summed E-state index contributed by atoms with van der Waals surface area (Å²) in [6.07, 6.45) is 1.52. The summed E-state index contributed by atoms with van der Waals surface area (Å²) in [5.74, 6) is -0.0740. The number of anilines is 2. The topological polar surface area (TPSA) is 104 Å². The van der Waals surface area contributed by atoms with E-state index in [-0.39, 0.29) is 10.6 Å². The molecule has 0 saturated heterocycles. The first-order chi connectivity index (χ1) is 14.9. The molecule has 3 rings (SSSR count). The maximum absolute atomic E-state index is 13.2. The van der Waals surface area contributed by atoms with Gasteiger partial charge in [-0.15, -0.1) is 0 Å². The third kappa shape index (κ3) is 4.59. The van der Waals surface area contributed by atoms with Crippen molar-refractivity contribution in [2.45, 2.75) is 18.2 Å². The molecule has 32 heavy (non-hydrogen) atoms. The van der Waals surface area contributed by atoms with E-state index in [2.05, 4.69) is 0 Å². The van der Waals surface area contributed by atoms with Crippen molar-refractivity contribution in [3.63, 3.8) is 0 Å². The molecule has 11 heteroatoms. The van der Waals surface area contributed by atoms with Crippen molar-refractivity contribution in [1.29, 1.82) is 0 Å². The first-order valence-electron chi connectivity index (χ1n) is 9.84. The summed E-state index contributed by atoms with van der Waals surface area (Å²) >= 11 is 0. The Morgan fingerprint density at radius 2 is 1.78 bits per heavy atom. The lowest BCUT2D eigenvalue weighted by atomic mass is 10.2. The van der Waals surface area contributed by atoms with E-state index in [9.17, 15) is 21.6 Å². The number of fused-ring (bicyclic) bond motifs is 1. The molecule has 174 valence electrons. The minimum Gasteiger partial charge on any atom is -0.495 e. The van der Waals surface area contributed by atoms with Crippen LogP contribution in [0.1, 0.15) is 11.1 Å². The third-order valence-electron chi connectivity index (χ3n) is 5.31. The van der Waals surface area contributed by atoms with E-state index in [4.69, 9.17) is 4.74 Å². The molecule has 2 aromatic carbocycles. The van der Waals surface area contributed by atoms with Crippen LogP contribution in [-0.2, 0) is 31.3 Å². The van der Waals surface area contributed by atoms with Gasteiger partial charge in [0.25, 0.3) is 0 Å². The number of rotatable bonds is 7. The van der Waals surface area contributed by atoms with Gasteiger partial charge < -0.3 is 9.64 Å². The second-order valence-electron chi connectivity index (χ2n) is 7.82. The average Bonchev–Trinajstić information content (AvgIpc) is 3.14. The minimum absolute atomic E-state index is 0.151. The SMILES string of the molecule is COc1ccc(C)cc1N(CC(=O)N1CCc2cc(S(=O)(=O)N(C)C)ccc21)S(C)(=O)=O. The zero-order chi connectivity index (χ0) is 23.8. The number of ether oxygens (including phenoxy) is 1. The number of methoxy groups -OCH3 is 1. The molecule has 1 amide bonds. The molecular formula is C21H27N3O6S2. The number of carbonyl (C=O) groups excluding carboxylic acids is 1. The Hall–Kier alpha value is -2.63. The highest BCUT2D eigenvalue weighted by molar-refractivity contribution is 7.92. The van der Waals surface area contributed by atoms with Crippen LogP contribution in [0.15, 0.2) is 41.3 Å². The van der Waals surface area contributed by atoms with Crippen LogP contribution in [0.3, 0.4) is 0 Å². The minimum atomic E-state index is -3.78. The lowest BCUT2D eigenvalue weighted by Gasteiger charge is -2.27. The molecule has 0 fully saturated rings. The largest absolute Gasteiger partial charge is 0.495 e. The smallest absolute Gasteiger partial charge is 0.247 e. The van der Waals surface area contributed by atoms with E-state index < -0.39 is 32.5 Å². The summed E-state index contributed by atoms with van der Waals surface area (Å²) in [5, 5.41) is 0. The fourth-order valence-corrected chi connectivity index (χ4v) is 5.39. The predicted molar refractivity (Wildman–Crippen MR) is 123 cm³/mol. The van der Waals surface area contributed by atoms with Crippen LogP contribution in [0, 0.1) is 6.92 Å². The molecule has 0 atom stereocenters. The first kappa shape index (κ1) is 24.0. The summed E-state index contributed by atoms with van der Waals surface area (Å²) in [6.45, 7) is 1.75. The summed E-state index contributed by atoms with van der Waals surface area (Å²) in [6, 6.07) is 9.72. The number of benzene rings is 2. The Kier molecular flexibility index (Phi) is 6.55. The van der Waals surface area contributed by atoms with E-state index in [1.54, 1.807) is 30.3 Å². The molecule has 0 bridgehead atoms. The standard InChI is InChI=1S/C21H27N3O6S2/c1-15-6-9-20(30-4)19(12-15)24(31(5,26)27)14-21(25)23-11-10-16-13-17(7-8-18(16)23)32(28,29)22(2)3/h6-9,12-13H,10-11,14H2,1-5H3. The van der Waals surface area contributed by atoms with Crippen molar-refractivity contribution < 1.29 is 26.4 Å². The van der Waals surface area contributed by atoms with Crippen LogP contribution >= 0.6 is 0 Å². The molecule has 0 aliphatic carbocycles. The Balaban J connectivity index is 1.93. The summed E-state index contributed by atoms with van der Waals surface area (Å²) in [4.78, 5) is 14.8. The highest BCUT2D eigenvalue weighted by atomic mass is 32.2. The molecule has 0 radical (unpaired) electrons. The monoisotopic (exact) mass is 481 g/mol. The Morgan fingerprint density at radius 1 is 1.09 bits per heavy atom. The van der Waals surface area contributed by atoms with Gasteiger partial charge in [0.2, 0.25) is 26.0 Å². The summed E-state index contributed by atoms with van der Waals surface area (Å²) in [7, 11) is -3.03. The van der Waals surface area contributed by atoms with Gasteiger partial charge in [0.05, 0.1) is 23.9 Å². The predicted octanol–water partition coefficient (Wildman–Crippen LogP) is 1.61. The molecular weight excluding hydrogens is 454 g/mol. The molecule has 0 aromatic heterocycles. The van der Waals surface area contributed by atoms with Gasteiger partial charge in [-0.3, -0.25) is 9.10 Å². The highest BCUT2D eigenvalue weighted by Gasteiger charge is 2.31. The molecule has 1 aliphatic heterocycles. The average molecular weight is 482 g/mol. The Labute approximate surface area is 189 Å². The van der Waals surface area contributed by atoms with Crippen LogP contribution < -0.4 is 13.9 Å². The normalized spacial score (nSPS) is 13.9. The van der Waals surface area contributed by atoms with Gasteiger partial charge in [-0.05, 0) is 54.8 Å². The first-order valence-corrected chi connectivity index (χ1v) is 13.1. The number of hydrogen-bond acceptors (Lipinski definition) is 6. The van der Waals surface area contributed by atoms with E-state index >= 15 is 0 Å². The third-order valence-corrected chi connectivity index (χ3v) is 8.25. The molecule has 1 aliphatic rings. The van der Waals surface area contributed by atoms with Crippen LogP contribution in [0.25, 0.3) is 0 Å². The second kappa shape index (κ2) is 8.72. The van der Waals surface area contributed by atoms with Gasteiger partial charge in [-0.25, -0.2) is 21.1 Å². The van der Waals surface area contributed by atoms with Crippen molar-refractivity contribution >= 4 is 37.3 Å². The molecule has 0 N–H and O–H groups in total. The zero-order valence-electron chi connectivity index (χ0n) is 18.7. The van der Waals surface area contributed by atoms with E-state index in [0.29, 0.717) is 24.4 Å². The maximum Gasteiger partial charge on any atom is 0.247 e. The quantitative estimate of drug-likeness (QED) is 0.595. The van der Waals surface area contributed by atoms with Gasteiger partial charge in [-0.2, -0.15) is 0 Å². The second-order valence-corrected chi connectivity index (χ2v) is 11.9. The van der Waals surface area contributed by atoms with E-state index in [1.165, 1.54) is 32.2 Å². The maximum atomic E-state index is 13.2. The van der Waals surface area contributed by atoms with Crippen LogP contribution in [0.4, 0.5) is 11.4 Å². The van der Waals surface area contributed by atoms with Gasteiger partial charge in [0.1, 0.15) is 12.3 Å². The highest BCUT2D eigenvalue weighted by Crippen LogP contribution is 2.33. The van der Waals surface area contributed by atoms with Crippen molar-refractivity contribution in [3.8, 4) is 5.75 Å². The zero-order valence-corrected chi connectivity index (χ0v) is 20.3. The molecule has 1 heterocycles. The summed E-state index contributed by atoms with van der Waals surface area (Å²) in [5.41, 5.74) is 2.41. The van der Waals surface area contributed by atoms with Crippen molar-refractivity contribution in [2.75, 3.05) is 49.8 Å². The molecule has 0 spiro atoms. The molecule has 9 nitrogen and oxygen atoms in total. The number of aryl methyl sites for hydroxylation is 1. The number of carbonyl (C=O) groups is 1. The number of hydrogen-bond donors (Lipinski definition) is 0. The van der Waals surface area contributed by atoms with Gasteiger partial charge in [0, 0.05) is 26.3 Å². The van der Waals surface area contributed by atoms with Crippen molar-refractivity contribution in [1.82, 2.24) is 4.31 Å². The van der Waals surface area contributed by atoms with Crippen molar-refractivity contribution in [2.24, 2.45) is 0 Å². The number of amides is 1. The molecule has 0 unspecified atom stereocenters. The Bertz CT molecular complexity index is 1260. The molecule has 2 aromatic rings. The number of sulfonamides is 2. The lowest BCUT2D eigenvalue weighted by Crippen LogP contribution is -2.42. The Morgan fingerprint density at radius 3 is 2.38 bits per heavy atom. The lowest BCUT2D eigenvalue weighted by molar-refractivity contribution is -0.117. The van der Waals surface area contributed by atoms with Crippen LogP contribution in [-0.4, -0.2) is 67.6 Å². The fourth-order valence-electron chi connectivity index (χ4n) is 3.59. The van der Waals surface area contributed by atoms with Crippen LogP contribution in [0.5, 0.6) is 5.75 Å². The van der Waals surface area contributed by atoms with Gasteiger partial charge in [0.15, 0.2) is 0 Å². The van der Waals surface area contributed by atoms with Crippen LogP contribution in [0.2, 0.25) is 0 Å².